The van der Waals surface area contributed by atoms with Gasteiger partial charge in [-0.3, -0.25) is 0 Å². The van der Waals surface area contributed by atoms with E-state index in [1.165, 1.54) is 11.1 Å². The average molecular weight is 427 g/mol. The Labute approximate surface area is 185 Å². The van der Waals surface area contributed by atoms with Gasteiger partial charge in [-0.1, -0.05) is 33.8 Å². The van der Waals surface area contributed by atoms with Gasteiger partial charge in [-0.15, -0.1) is 0 Å². The molecule has 0 saturated heterocycles. The molecular formula is C25H34N2O4. The van der Waals surface area contributed by atoms with Crippen LogP contribution in [0.15, 0.2) is 30.3 Å². The lowest BCUT2D eigenvalue weighted by molar-refractivity contribution is 0.194. The molecule has 31 heavy (non-hydrogen) atoms. The minimum Gasteiger partial charge on any atom is -0.497 e. The number of rotatable bonds is 5. The van der Waals surface area contributed by atoms with Crippen LogP contribution in [0.25, 0.3) is 0 Å². The van der Waals surface area contributed by atoms with Gasteiger partial charge in [0.2, 0.25) is 0 Å². The van der Waals surface area contributed by atoms with E-state index >= 15 is 0 Å². The van der Waals surface area contributed by atoms with E-state index in [9.17, 15) is 9.90 Å². The summed E-state index contributed by atoms with van der Waals surface area (Å²) in [6.07, 6.45) is 0.0272. The molecule has 0 aliphatic heterocycles. The van der Waals surface area contributed by atoms with Gasteiger partial charge in [-0.05, 0) is 59.7 Å². The van der Waals surface area contributed by atoms with E-state index in [2.05, 4.69) is 44.4 Å². The first kappa shape index (κ1) is 22.9. The van der Waals surface area contributed by atoms with Crippen LogP contribution < -0.4 is 20.1 Å². The van der Waals surface area contributed by atoms with Crippen molar-refractivity contribution < 1.29 is 19.4 Å². The highest BCUT2D eigenvalue weighted by Crippen LogP contribution is 2.39. The van der Waals surface area contributed by atoms with Crippen LogP contribution in [0.4, 0.5) is 10.5 Å². The summed E-state index contributed by atoms with van der Waals surface area (Å²) in [4.78, 5) is 12.9. The summed E-state index contributed by atoms with van der Waals surface area (Å²) < 4.78 is 10.9. The smallest absolute Gasteiger partial charge is 0.319 e. The van der Waals surface area contributed by atoms with E-state index < -0.39 is 6.10 Å². The molecule has 0 heterocycles. The molecule has 6 heteroatoms. The zero-order valence-corrected chi connectivity index (χ0v) is 19.5. The maximum Gasteiger partial charge on any atom is 0.319 e. The minimum atomic E-state index is -0.722. The van der Waals surface area contributed by atoms with E-state index in [4.69, 9.17) is 9.47 Å². The molecule has 0 radical (unpaired) electrons. The Morgan fingerprint density at radius 1 is 1.16 bits per heavy atom. The van der Waals surface area contributed by atoms with Crippen molar-refractivity contribution in [1.29, 1.82) is 0 Å². The van der Waals surface area contributed by atoms with Gasteiger partial charge < -0.3 is 25.2 Å². The molecule has 6 nitrogen and oxygen atoms in total. The Bertz CT molecular complexity index is 963. The fraction of sp³-hybridized carbons (Fsp3) is 0.480. The maximum absolute atomic E-state index is 12.9. The Balaban J connectivity index is 1.82. The van der Waals surface area contributed by atoms with Crippen molar-refractivity contribution in [3.63, 3.8) is 0 Å². The van der Waals surface area contributed by atoms with Crippen molar-refractivity contribution >= 4 is 11.7 Å². The Morgan fingerprint density at radius 3 is 2.45 bits per heavy atom. The Morgan fingerprint density at radius 2 is 1.87 bits per heavy atom. The normalized spacial score (nSPS) is 18.8. The van der Waals surface area contributed by atoms with Crippen molar-refractivity contribution in [2.45, 2.75) is 64.5 Å². The number of methoxy groups -OCH3 is 2. The molecule has 0 fully saturated rings. The number of carbonyl (C=O) groups is 1. The van der Waals surface area contributed by atoms with Crippen LogP contribution in [0.1, 0.15) is 68.9 Å². The molecule has 2 aromatic carbocycles. The molecule has 0 spiro atoms. The molecule has 1 aliphatic rings. The van der Waals surface area contributed by atoms with E-state index in [0.29, 0.717) is 17.0 Å². The second-order valence-electron chi connectivity index (χ2n) is 9.33. The first-order valence-corrected chi connectivity index (χ1v) is 10.7. The van der Waals surface area contributed by atoms with Gasteiger partial charge >= 0.3 is 6.03 Å². The molecule has 2 aromatic rings. The summed E-state index contributed by atoms with van der Waals surface area (Å²) in [5, 5.41) is 16.3. The summed E-state index contributed by atoms with van der Waals surface area (Å²) in [5.41, 5.74) is 4.49. The third kappa shape index (κ3) is 4.79. The molecule has 168 valence electrons. The van der Waals surface area contributed by atoms with Crippen molar-refractivity contribution in [1.82, 2.24) is 5.32 Å². The van der Waals surface area contributed by atoms with E-state index in [0.717, 1.165) is 17.7 Å². The fourth-order valence-corrected chi connectivity index (χ4v) is 4.18. The molecule has 3 N–H and O–H groups in total. The SMILES string of the molecule is COc1ccc2c(c1)C[C@@H](NC(=O)Nc1cc(C(C)(C)C)cc([C@H](C)O)c1OC)[C@H]2C. The zero-order valence-electron chi connectivity index (χ0n) is 19.5. The van der Waals surface area contributed by atoms with Crippen LogP contribution >= 0.6 is 0 Å². The topological polar surface area (TPSA) is 79.8 Å². The first-order valence-electron chi connectivity index (χ1n) is 10.7. The second-order valence-corrected chi connectivity index (χ2v) is 9.33. The minimum absolute atomic E-state index is 0.0184. The number of aliphatic hydroxyl groups is 1. The van der Waals surface area contributed by atoms with Crippen molar-refractivity contribution in [2.24, 2.45) is 0 Å². The third-order valence-corrected chi connectivity index (χ3v) is 6.09. The summed E-state index contributed by atoms with van der Waals surface area (Å²) in [5.74, 6) is 1.50. The van der Waals surface area contributed by atoms with Crippen LogP contribution in [-0.4, -0.2) is 31.4 Å². The standard InChI is InChI=1S/C25H34N2O4/c1-14-19-9-8-18(30-6)10-16(19)11-21(14)26-24(29)27-22-13-17(25(3,4)5)12-20(15(2)28)23(22)31-7/h8-10,12-15,21,28H,11H2,1-7H3,(H2,26,27,29)/t14-,15-,21+/m0/s1. The number of benzene rings is 2. The van der Waals surface area contributed by atoms with E-state index in [-0.39, 0.29) is 23.4 Å². The van der Waals surface area contributed by atoms with E-state index in [1.807, 2.05) is 24.3 Å². The van der Waals surface area contributed by atoms with Crippen LogP contribution in [0.5, 0.6) is 11.5 Å². The number of carbonyl (C=O) groups excluding carboxylic acids is 1. The average Bonchev–Trinajstić information content (AvgIpc) is 3.00. The van der Waals surface area contributed by atoms with Gasteiger partial charge in [0.1, 0.15) is 11.5 Å². The van der Waals surface area contributed by atoms with E-state index in [1.54, 1.807) is 21.1 Å². The third-order valence-electron chi connectivity index (χ3n) is 6.09. The molecule has 2 amide bonds. The lowest BCUT2D eigenvalue weighted by Gasteiger charge is -2.25. The highest BCUT2D eigenvalue weighted by molar-refractivity contribution is 5.92. The summed E-state index contributed by atoms with van der Waals surface area (Å²) in [6.45, 7) is 10.1. The number of hydrogen-bond donors (Lipinski definition) is 3. The van der Waals surface area contributed by atoms with Crippen LogP contribution in [0.2, 0.25) is 0 Å². The predicted molar refractivity (Wildman–Crippen MR) is 123 cm³/mol. The van der Waals surface area contributed by atoms with Gasteiger partial charge in [-0.2, -0.15) is 0 Å². The van der Waals surface area contributed by atoms with Crippen LogP contribution in [0.3, 0.4) is 0 Å². The largest absolute Gasteiger partial charge is 0.497 e. The molecule has 3 atom stereocenters. The lowest BCUT2D eigenvalue weighted by Crippen LogP contribution is -2.40. The molecule has 1 aliphatic carbocycles. The van der Waals surface area contributed by atoms with Crippen LogP contribution in [-0.2, 0) is 11.8 Å². The lowest BCUT2D eigenvalue weighted by atomic mass is 9.85. The zero-order chi connectivity index (χ0) is 22.9. The molecule has 3 rings (SSSR count). The molecule has 0 saturated carbocycles. The summed E-state index contributed by atoms with van der Waals surface area (Å²) in [7, 11) is 3.20. The number of urea groups is 1. The number of aliphatic hydroxyl groups excluding tert-OH is 1. The number of ether oxygens (including phenoxy) is 2. The highest BCUT2D eigenvalue weighted by Gasteiger charge is 2.31. The first-order chi connectivity index (χ1) is 14.5. The Kier molecular flexibility index (Phi) is 6.51. The van der Waals surface area contributed by atoms with Gasteiger partial charge in [0.25, 0.3) is 0 Å². The summed E-state index contributed by atoms with van der Waals surface area (Å²) >= 11 is 0. The van der Waals surface area contributed by atoms with Gasteiger partial charge in [0, 0.05) is 17.5 Å². The predicted octanol–water partition coefficient (Wildman–Crippen LogP) is 4.90. The maximum atomic E-state index is 12.9. The Hall–Kier alpha value is -2.73. The number of fused-ring (bicyclic) bond motifs is 1. The highest BCUT2D eigenvalue weighted by atomic mass is 16.5. The number of amides is 2. The second kappa shape index (κ2) is 8.79. The quantitative estimate of drug-likeness (QED) is 0.635. The number of nitrogens with one attached hydrogen (secondary N) is 2. The van der Waals surface area contributed by atoms with Gasteiger partial charge in [0.15, 0.2) is 0 Å². The van der Waals surface area contributed by atoms with Crippen molar-refractivity contribution in [2.75, 3.05) is 19.5 Å². The number of hydrogen-bond acceptors (Lipinski definition) is 4. The monoisotopic (exact) mass is 426 g/mol. The van der Waals surface area contributed by atoms with Crippen LogP contribution in [0, 0.1) is 0 Å². The van der Waals surface area contributed by atoms with Gasteiger partial charge in [-0.25, -0.2) is 4.79 Å². The molecule has 0 bridgehead atoms. The molecule has 0 unspecified atom stereocenters. The fourth-order valence-electron chi connectivity index (χ4n) is 4.18. The molecular weight excluding hydrogens is 392 g/mol. The van der Waals surface area contributed by atoms with Gasteiger partial charge in [0.05, 0.1) is 26.0 Å². The van der Waals surface area contributed by atoms with Crippen molar-refractivity contribution in [3.8, 4) is 11.5 Å². The number of anilines is 1. The molecule has 0 aromatic heterocycles. The van der Waals surface area contributed by atoms with Crippen molar-refractivity contribution in [3.05, 3.63) is 52.6 Å². The summed E-state index contributed by atoms with van der Waals surface area (Å²) in [6, 6.07) is 9.61.